The molecule has 0 aliphatic heterocycles. The molecule has 0 radical (unpaired) electrons. The van der Waals surface area contributed by atoms with Crippen LogP contribution in [0, 0.1) is 0 Å². The molecule has 1 aliphatic carbocycles. The summed E-state index contributed by atoms with van der Waals surface area (Å²) in [7, 11) is 0. The largest absolute Gasteiger partial charge is 0.326 e. The predicted octanol–water partition coefficient (Wildman–Crippen LogP) is 4.47. The van der Waals surface area contributed by atoms with Crippen molar-refractivity contribution in [2.24, 2.45) is 0 Å². The van der Waals surface area contributed by atoms with Gasteiger partial charge in [-0.1, -0.05) is 36.4 Å². The molecule has 3 aromatic carbocycles. The molecule has 4 nitrogen and oxygen atoms in total. The van der Waals surface area contributed by atoms with Crippen molar-refractivity contribution in [1.82, 2.24) is 0 Å². The highest BCUT2D eigenvalue weighted by molar-refractivity contribution is 6.05. The number of benzene rings is 3. The van der Waals surface area contributed by atoms with Gasteiger partial charge in [0.15, 0.2) is 0 Å². The third-order valence-electron chi connectivity index (χ3n) is 4.50. The first-order valence-corrected chi connectivity index (χ1v) is 8.50. The molecule has 0 saturated heterocycles. The summed E-state index contributed by atoms with van der Waals surface area (Å²) in [5.74, 6) is -0.367. The first-order chi connectivity index (χ1) is 12.6. The normalized spacial score (nSPS) is 11.4. The SMILES string of the molecule is CC(=O)Nc1cccc(C(=O)Nc2ccc3c(c2)Cc2ccccc2-3)c1. The minimum Gasteiger partial charge on any atom is -0.326 e. The summed E-state index contributed by atoms with van der Waals surface area (Å²) >= 11 is 0. The molecule has 26 heavy (non-hydrogen) atoms. The van der Waals surface area contributed by atoms with Crippen LogP contribution in [-0.4, -0.2) is 11.8 Å². The van der Waals surface area contributed by atoms with Crippen LogP contribution in [0.5, 0.6) is 0 Å². The van der Waals surface area contributed by atoms with Crippen LogP contribution < -0.4 is 10.6 Å². The topological polar surface area (TPSA) is 58.2 Å². The Hall–Kier alpha value is -3.40. The molecule has 128 valence electrons. The van der Waals surface area contributed by atoms with Gasteiger partial charge in [0.25, 0.3) is 5.91 Å². The van der Waals surface area contributed by atoms with E-state index in [2.05, 4.69) is 34.9 Å². The summed E-state index contributed by atoms with van der Waals surface area (Å²) in [6.07, 6.45) is 0.882. The molecule has 3 aromatic rings. The van der Waals surface area contributed by atoms with E-state index in [0.717, 1.165) is 12.1 Å². The quantitative estimate of drug-likeness (QED) is 0.577. The maximum atomic E-state index is 12.5. The van der Waals surface area contributed by atoms with Crippen LogP contribution in [0.15, 0.2) is 66.7 Å². The molecular formula is C22H18N2O2. The van der Waals surface area contributed by atoms with Crippen LogP contribution in [0.1, 0.15) is 28.4 Å². The number of carbonyl (C=O) groups excluding carboxylic acids is 2. The molecule has 4 rings (SSSR count). The van der Waals surface area contributed by atoms with Crippen LogP contribution in [0.3, 0.4) is 0 Å². The molecule has 0 atom stereocenters. The minimum atomic E-state index is -0.201. The molecule has 2 N–H and O–H groups in total. The van der Waals surface area contributed by atoms with Gasteiger partial charge in [0, 0.05) is 23.9 Å². The Morgan fingerprint density at radius 3 is 2.38 bits per heavy atom. The van der Waals surface area contributed by atoms with Gasteiger partial charge >= 0.3 is 0 Å². The van der Waals surface area contributed by atoms with E-state index in [1.165, 1.54) is 29.2 Å². The Labute approximate surface area is 151 Å². The standard InChI is InChI=1S/C22H18N2O2/c1-14(25)23-18-7-4-6-16(12-18)22(26)24-19-9-10-21-17(13-19)11-15-5-2-3-8-20(15)21/h2-10,12-13H,11H2,1H3,(H,23,25)(H,24,26). The van der Waals surface area contributed by atoms with E-state index < -0.39 is 0 Å². The van der Waals surface area contributed by atoms with E-state index in [4.69, 9.17) is 0 Å². The Bertz CT molecular complexity index is 1020. The zero-order valence-electron chi connectivity index (χ0n) is 14.4. The van der Waals surface area contributed by atoms with Crippen molar-refractivity contribution in [3.8, 4) is 11.1 Å². The number of fused-ring (bicyclic) bond motifs is 3. The molecule has 0 spiro atoms. The summed E-state index contributed by atoms with van der Waals surface area (Å²) in [5.41, 5.74) is 6.90. The van der Waals surface area contributed by atoms with Crippen molar-refractivity contribution >= 4 is 23.2 Å². The van der Waals surface area contributed by atoms with Crippen LogP contribution in [-0.2, 0) is 11.2 Å². The van der Waals surface area contributed by atoms with Gasteiger partial charge in [-0.05, 0) is 59.0 Å². The Morgan fingerprint density at radius 1 is 0.769 bits per heavy atom. The van der Waals surface area contributed by atoms with E-state index in [0.29, 0.717) is 11.3 Å². The molecule has 0 fully saturated rings. The van der Waals surface area contributed by atoms with E-state index in [-0.39, 0.29) is 11.8 Å². The van der Waals surface area contributed by atoms with Gasteiger partial charge in [0.1, 0.15) is 0 Å². The van der Waals surface area contributed by atoms with Crippen molar-refractivity contribution in [1.29, 1.82) is 0 Å². The smallest absolute Gasteiger partial charge is 0.255 e. The van der Waals surface area contributed by atoms with E-state index in [1.807, 2.05) is 18.2 Å². The third-order valence-corrected chi connectivity index (χ3v) is 4.50. The molecule has 2 amide bonds. The van der Waals surface area contributed by atoms with E-state index in [9.17, 15) is 9.59 Å². The molecule has 1 aliphatic rings. The lowest BCUT2D eigenvalue weighted by atomic mass is 10.1. The number of hydrogen-bond donors (Lipinski definition) is 2. The van der Waals surface area contributed by atoms with E-state index in [1.54, 1.807) is 24.3 Å². The Kier molecular flexibility index (Phi) is 4.01. The average Bonchev–Trinajstić information content (AvgIpc) is 2.99. The van der Waals surface area contributed by atoms with Crippen LogP contribution in [0.25, 0.3) is 11.1 Å². The summed E-state index contributed by atoms with van der Waals surface area (Å²) in [4.78, 5) is 23.7. The van der Waals surface area contributed by atoms with Gasteiger partial charge in [0.05, 0.1) is 0 Å². The van der Waals surface area contributed by atoms with Crippen molar-refractivity contribution in [2.45, 2.75) is 13.3 Å². The van der Waals surface area contributed by atoms with Gasteiger partial charge in [-0.25, -0.2) is 0 Å². The summed E-state index contributed by atoms with van der Waals surface area (Å²) in [6, 6.07) is 21.3. The van der Waals surface area contributed by atoms with Crippen LogP contribution in [0.4, 0.5) is 11.4 Å². The van der Waals surface area contributed by atoms with Gasteiger partial charge in [-0.2, -0.15) is 0 Å². The first-order valence-electron chi connectivity index (χ1n) is 8.50. The number of anilines is 2. The molecule has 0 saturated carbocycles. The fourth-order valence-corrected chi connectivity index (χ4v) is 3.37. The van der Waals surface area contributed by atoms with Crippen LogP contribution >= 0.6 is 0 Å². The Balaban J connectivity index is 1.54. The minimum absolute atomic E-state index is 0.166. The molecule has 0 unspecified atom stereocenters. The highest BCUT2D eigenvalue weighted by atomic mass is 16.2. The highest BCUT2D eigenvalue weighted by Crippen LogP contribution is 2.37. The zero-order valence-corrected chi connectivity index (χ0v) is 14.4. The number of amides is 2. The lowest BCUT2D eigenvalue weighted by Crippen LogP contribution is -2.13. The van der Waals surface area contributed by atoms with Gasteiger partial charge in [-0.3, -0.25) is 9.59 Å². The molecule has 0 heterocycles. The second kappa shape index (κ2) is 6.48. The van der Waals surface area contributed by atoms with Crippen molar-refractivity contribution < 1.29 is 9.59 Å². The van der Waals surface area contributed by atoms with Crippen molar-refractivity contribution in [3.05, 3.63) is 83.4 Å². The highest BCUT2D eigenvalue weighted by Gasteiger charge is 2.18. The number of hydrogen-bond acceptors (Lipinski definition) is 2. The van der Waals surface area contributed by atoms with Crippen molar-refractivity contribution in [2.75, 3.05) is 10.6 Å². The molecule has 0 bridgehead atoms. The summed E-state index contributed by atoms with van der Waals surface area (Å²) < 4.78 is 0. The number of rotatable bonds is 3. The number of carbonyl (C=O) groups is 2. The summed E-state index contributed by atoms with van der Waals surface area (Å²) in [5, 5.41) is 5.63. The monoisotopic (exact) mass is 342 g/mol. The van der Waals surface area contributed by atoms with Gasteiger partial charge < -0.3 is 10.6 Å². The zero-order chi connectivity index (χ0) is 18.1. The maximum Gasteiger partial charge on any atom is 0.255 e. The fourth-order valence-electron chi connectivity index (χ4n) is 3.37. The Morgan fingerprint density at radius 2 is 1.54 bits per heavy atom. The van der Waals surface area contributed by atoms with Gasteiger partial charge in [-0.15, -0.1) is 0 Å². The van der Waals surface area contributed by atoms with Crippen LogP contribution in [0.2, 0.25) is 0 Å². The maximum absolute atomic E-state index is 12.5. The first kappa shape index (κ1) is 16.1. The number of nitrogens with one attached hydrogen (secondary N) is 2. The lowest BCUT2D eigenvalue weighted by Gasteiger charge is -2.09. The lowest BCUT2D eigenvalue weighted by molar-refractivity contribution is -0.114. The van der Waals surface area contributed by atoms with Crippen molar-refractivity contribution in [3.63, 3.8) is 0 Å². The predicted molar refractivity (Wildman–Crippen MR) is 103 cm³/mol. The molecular weight excluding hydrogens is 324 g/mol. The second-order valence-electron chi connectivity index (χ2n) is 6.42. The van der Waals surface area contributed by atoms with Gasteiger partial charge in [0.2, 0.25) is 5.91 Å². The van der Waals surface area contributed by atoms with E-state index >= 15 is 0 Å². The summed E-state index contributed by atoms with van der Waals surface area (Å²) in [6.45, 7) is 1.44. The second-order valence-corrected chi connectivity index (χ2v) is 6.42. The average molecular weight is 342 g/mol. The molecule has 0 aromatic heterocycles. The third kappa shape index (κ3) is 3.09. The molecule has 4 heteroatoms. The fraction of sp³-hybridized carbons (Fsp3) is 0.0909.